The van der Waals surface area contributed by atoms with Gasteiger partial charge in [0.05, 0.1) is 6.10 Å². The molecule has 2 aromatic carbocycles. The zero-order valence-corrected chi connectivity index (χ0v) is 16.1. The van der Waals surface area contributed by atoms with E-state index in [2.05, 4.69) is 5.32 Å². The van der Waals surface area contributed by atoms with Gasteiger partial charge in [-0.3, -0.25) is 9.59 Å². The molecule has 0 atom stereocenters. The van der Waals surface area contributed by atoms with Crippen molar-refractivity contribution >= 4 is 17.5 Å². The van der Waals surface area contributed by atoms with Gasteiger partial charge in [-0.15, -0.1) is 0 Å². The lowest BCUT2D eigenvalue weighted by Gasteiger charge is -2.23. The Morgan fingerprint density at radius 2 is 1.70 bits per heavy atom. The molecule has 0 unspecified atom stereocenters. The minimum Gasteiger partial charge on any atom is -0.491 e. The van der Waals surface area contributed by atoms with Gasteiger partial charge in [0.25, 0.3) is 0 Å². The molecule has 0 heterocycles. The highest BCUT2D eigenvalue weighted by Crippen LogP contribution is 2.48. The van der Waals surface area contributed by atoms with Crippen LogP contribution in [0.3, 0.4) is 0 Å². The van der Waals surface area contributed by atoms with Gasteiger partial charge in [0.15, 0.2) is 0 Å². The fraction of sp³-hybridized carbons (Fsp3) is 0.364. The summed E-state index contributed by atoms with van der Waals surface area (Å²) >= 11 is 0. The molecule has 0 spiro atoms. The lowest BCUT2D eigenvalue weighted by Crippen LogP contribution is -2.40. The number of amides is 2. The molecule has 0 radical (unpaired) electrons. The standard InChI is InChI=1S/C22H26N2O3/c1-16(2)27-19-11-9-18(10-12-19)23-20(25)22(13-14-22)21(26)24(3)15-17-7-5-4-6-8-17/h4-12,16H,13-15H2,1-3H3,(H,23,25). The largest absolute Gasteiger partial charge is 0.491 e. The number of carbonyl (C=O) groups is 2. The van der Waals surface area contributed by atoms with Gasteiger partial charge in [-0.2, -0.15) is 0 Å². The smallest absolute Gasteiger partial charge is 0.240 e. The summed E-state index contributed by atoms with van der Waals surface area (Å²) in [6.07, 6.45) is 1.27. The van der Waals surface area contributed by atoms with Crippen LogP contribution < -0.4 is 10.1 Å². The number of hydrogen-bond acceptors (Lipinski definition) is 3. The summed E-state index contributed by atoms with van der Waals surface area (Å²) in [7, 11) is 1.75. The van der Waals surface area contributed by atoms with Crippen LogP contribution in [0.4, 0.5) is 5.69 Å². The van der Waals surface area contributed by atoms with Crippen molar-refractivity contribution in [3.8, 4) is 5.75 Å². The van der Waals surface area contributed by atoms with E-state index in [1.54, 1.807) is 24.1 Å². The van der Waals surface area contributed by atoms with Gasteiger partial charge in [-0.05, 0) is 56.5 Å². The quantitative estimate of drug-likeness (QED) is 0.757. The third-order valence-electron chi connectivity index (χ3n) is 4.69. The maximum atomic E-state index is 12.9. The molecule has 3 rings (SSSR count). The van der Waals surface area contributed by atoms with Crippen molar-refractivity contribution in [1.82, 2.24) is 4.90 Å². The Kier molecular flexibility index (Phi) is 5.49. The van der Waals surface area contributed by atoms with Crippen LogP contribution in [0.15, 0.2) is 54.6 Å². The third kappa shape index (κ3) is 4.48. The molecule has 142 valence electrons. The number of anilines is 1. The molecule has 5 nitrogen and oxygen atoms in total. The van der Waals surface area contributed by atoms with E-state index in [0.29, 0.717) is 25.1 Å². The summed E-state index contributed by atoms with van der Waals surface area (Å²) in [5, 5.41) is 2.88. The van der Waals surface area contributed by atoms with Crippen LogP contribution in [0.1, 0.15) is 32.3 Å². The fourth-order valence-corrected chi connectivity index (χ4v) is 3.10. The zero-order valence-electron chi connectivity index (χ0n) is 16.1. The lowest BCUT2D eigenvalue weighted by atomic mass is 10.0. The van der Waals surface area contributed by atoms with E-state index in [9.17, 15) is 9.59 Å². The van der Waals surface area contributed by atoms with E-state index in [-0.39, 0.29) is 17.9 Å². The Bertz CT molecular complexity index is 796. The van der Waals surface area contributed by atoms with E-state index in [0.717, 1.165) is 11.3 Å². The average molecular weight is 366 g/mol. The number of nitrogens with one attached hydrogen (secondary N) is 1. The summed E-state index contributed by atoms with van der Waals surface area (Å²) in [4.78, 5) is 27.3. The SMILES string of the molecule is CC(C)Oc1ccc(NC(=O)C2(C(=O)N(C)Cc3ccccc3)CC2)cc1. The van der Waals surface area contributed by atoms with Crippen molar-refractivity contribution in [3.05, 3.63) is 60.2 Å². The number of rotatable bonds is 7. The van der Waals surface area contributed by atoms with Gasteiger partial charge < -0.3 is 15.0 Å². The predicted molar refractivity (Wildman–Crippen MR) is 105 cm³/mol. The Morgan fingerprint density at radius 3 is 2.26 bits per heavy atom. The number of benzene rings is 2. The monoisotopic (exact) mass is 366 g/mol. The second-order valence-electron chi connectivity index (χ2n) is 7.37. The summed E-state index contributed by atoms with van der Waals surface area (Å²) in [6.45, 7) is 4.42. The van der Waals surface area contributed by atoms with Crippen molar-refractivity contribution < 1.29 is 14.3 Å². The predicted octanol–water partition coefficient (Wildman–Crippen LogP) is 3.85. The highest BCUT2D eigenvalue weighted by molar-refractivity contribution is 6.12. The van der Waals surface area contributed by atoms with Gasteiger partial charge in [0.2, 0.25) is 11.8 Å². The molecular weight excluding hydrogens is 340 g/mol. The number of carbonyl (C=O) groups excluding carboxylic acids is 2. The molecule has 2 amide bonds. The van der Waals surface area contributed by atoms with E-state index in [4.69, 9.17) is 4.74 Å². The van der Waals surface area contributed by atoms with Gasteiger partial charge in [0.1, 0.15) is 11.2 Å². The van der Waals surface area contributed by atoms with Gasteiger partial charge in [-0.25, -0.2) is 0 Å². The first-order valence-electron chi connectivity index (χ1n) is 9.28. The van der Waals surface area contributed by atoms with E-state index in [1.807, 2.05) is 56.3 Å². The number of hydrogen-bond donors (Lipinski definition) is 1. The van der Waals surface area contributed by atoms with Crippen molar-refractivity contribution in [2.75, 3.05) is 12.4 Å². The Hall–Kier alpha value is -2.82. The number of nitrogens with zero attached hydrogens (tertiary/aromatic N) is 1. The van der Waals surface area contributed by atoms with E-state index >= 15 is 0 Å². The summed E-state index contributed by atoms with van der Waals surface area (Å²) < 4.78 is 5.61. The molecule has 2 aromatic rings. The Balaban J connectivity index is 1.62. The molecule has 0 bridgehead atoms. The van der Waals surface area contributed by atoms with Gasteiger partial charge in [0, 0.05) is 19.3 Å². The van der Waals surface area contributed by atoms with Crippen LogP contribution in [0.5, 0.6) is 5.75 Å². The van der Waals surface area contributed by atoms with Gasteiger partial charge in [-0.1, -0.05) is 30.3 Å². The van der Waals surface area contributed by atoms with E-state index in [1.165, 1.54) is 0 Å². The molecular formula is C22H26N2O3. The molecule has 1 aliphatic rings. The van der Waals surface area contributed by atoms with Crippen molar-refractivity contribution in [2.45, 2.75) is 39.3 Å². The van der Waals surface area contributed by atoms with Crippen molar-refractivity contribution in [3.63, 3.8) is 0 Å². The topological polar surface area (TPSA) is 58.6 Å². The first kappa shape index (κ1) is 19.0. The first-order chi connectivity index (χ1) is 12.9. The maximum Gasteiger partial charge on any atom is 0.240 e. The first-order valence-corrected chi connectivity index (χ1v) is 9.28. The minimum absolute atomic E-state index is 0.0953. The van der Waals surface area contributed by atoms with Crippen LogP contribution in [-0.4, -0.2) is 29.9 Å². The van der Waals surface area contributed by atoms with Gasteiger partial charge >= 0.3 is 0 Å². The zero-order chi connectivity index (χ0) is 19.4. The molecule has 0 aromatic heterocycles. The summed E-state index contributed by atoms with van der Waals surface area (Å²) in [5.74, 6) is 0.399. The molecule has 1 N–H and O–H groups in total. The Labute approximate surface area is 160 Å². The normalized spacial score (nSPS) is 14.5. The second kappa shape index (κ2) is 7.82. The molecule has 1 aliphatic carbocycles. The highest BCUT2D eigenvalue weighted by Gasteiger charge is 2.57. The van der Waals surface area contributed by atoms with Crippen LogP contribution in [0.25, 0.3) is 0 Å². The fourth-order valence-electron chi connectivity index (χ4n) is 3.10. The van der Waals surface area contributed by atoms with E-state index < -0.39 is 5.41 Å². The number of ether oxygens (including phenoxy) is 1. The molecule has 27 heavy (non-hydrogen) atoms. The third-order valence-corrected chi connectivity index (χ3v) is 4.69. The lowest BCUT2D eigenvalue weighted by molar-refractivity contribution is -0.141. The molecule has 5 heteroatoms. The van der Waals surface area contributed by atoms with Crippen molar-refractivity contribution in [1.29, 1.82) is 0 Å². The van der Waals surface area contributed by atoms with Crippen LogP contribution in [-0.2, 0) is 16.1 Å². The maximum absolute atomic E-state index is 12.9. The molecule has 0 saturated heterocycles. The second-order valence-corrected chi connectivity index (χ2v) is 7.37. The highest BCUT2D eigenvalue weighted by atomic mass is 16.5. The summed E-state index contributed by atoms with van der Waals surface area (Å²) in [5.41, 5.74) is 0.780. The molecule has 0 aliphatic heterocycles. The molecule has 1 saturated carbocycles. The average Bonchev–Trinajstić information content (AvgIpc) is 3.45. The van der Waals surface area contributed by atoms with Crippen molar-refractivity contribution in [2.24, 2.45) is 5.41 Å². The molecule has 1 fully saturated rings. The minimum atomic E-state index is -0.934. The van der Waals surface area contributed by atoms with Crippen LogP contribution in [0.2, 0.25) is 0 Å². The summed E-state index contributed by atoms with van der Waals surface area (Å²) in [6, 6.07) is 17.0. The Morgan fingerprint density at radius 1 is 1.07 bits per heavy atom. The van der Waals surface area contributed by atoms with Crippen LogP contribution in [0, 0.1) is 5.41 Å². The van der Waals surface area contributed by atoms with Crippen LogP contribution >= 0.6 is 0 Å².